The molecule has 1 aliphatic heterocycles. The normalized spacial score (nSPS) is 18.1. The average molecular weight is 235 g/mol. The van der Waals surface area contributed by atoms with E-state index in [1.807, 2.05) is 6.92 Å². The Morgan fingerprint density at radius 2 is 1.88 bits per heavy atom. The largest absolute Gasteiger partial charge is 0.393 e. The number of aryl methyl sites for hydroxylation is 1. The van der Waals surface area contributed by atoms with Crippen molar-refractivity contribution in [2.75, 3.05) is 31.2 Å². The molecule has 1 atom stereocenters. The van der Waals surface area contributed by atoms with Crippen LogP contribution >= 0.6 is 0 Å². The van der Waals surface area contributed by atoms with Gasteiger partial charge in [0.05, 0.1) is 19.3 Å². The summed E-state index contributed by atoms with van der Waals surface area (Å²) < 4.78 is 5.34. The van der Waals surface area contributed by atoms with E-state index >= 15 is 0 Å². The van der Waals surface area contributed by atoms with Crippen molar-refractivity contribution >= 4 is 5.69 Å². The molecule has 17 heavy (non-hydrogen) atoms. The molecule has 1 saturated heterocycles. The molecule has 0 aromatic heterocycles. The van der Waals surface area contributed by atoms with Crippen LogP contribution in [0, 0.1) is 0 Å². The van der Waals surface area contributed by atoms with Crippen LogP contribution < -0.4 is 4.90 Å². The molecule has 2 rings (SSSR count). The van der Waals surface area contributed by atoms with Crippen LogP contribution in [0.4, 0.5) is 5.69 Å². The summed E-state index contributed by atoms with van der Waals surface area (Å²) in [5, 5.41) is 9.25. The lowest BCUT2D eigenvalue weighted by atomic mass is 10.1. The van der Waals surface area contributed by atoms with Gasteiger partial charge < -0.3 is 14.7 Å². The van der Waals surface area contributed by atoms with E-state index in [1.54, 1.807) is 0 Å². The van der Waals surface area contributed by atoms with E-state index in [9.17, 15) is 5.11 Å². The number of ether oxygens (including phenoxy) is 1. The third kappa shape index (κ3) is 3.72. The molecule has 0 radical (unpaired) electrons. The molecular formula is C14H21NO2. The van der Waals surface area contributed by atoms with Crippen molar-refractivity contribution in [3.05, 3.63) is 29.8 Å². The number of morpholine rings is 1. The fourth-order valence-electron chi connectivity index (χ4n) is 2.07. The van der Waals surface area contributed by atoms with Gasteiger partial charge in [0.2, 0.25) is 0 Å². The highest BCUT2D eigenvalue weighted by Crippen LogP contribution is 2.17. The van der Waals surface area contributed by atoms with Gasteiger partial charge in [-0.25, -0.2) is 0 Å². The topological polar surface area (TPSA) is 32.7 Å². The van der Waals surface area contributed by atoms with E-state index in [2.05, 4.69) is 29.2 Å². The molecule has 94 valence electrons. The molecule has 1 N–H and O–H groups in total. The number of aliphatic hydroxyl groups is 1. The summed E-state index contributed by atoms with van der Waals surface area (Å²) in [7, 11) is 0. The van der Waals surface area contributed by atoms with E-state index in [0.717, 1.165) is 39.1 Å². The molecule has 0 saturated carbocycles. The van der Waals surface area contributed by atoms with E-state index in [0.29, 0.717) is 0 Å². The maximum Gasteiger partial charge on any atom is 0.0642 e. The van der Waals surface area contributed by atoms with Crippen LogP contribution in [0.5, 0.6) is 0 Å². The quantitative estimate of drug-likeness (QED) is 0.864. The number of rotatable bonds is 4. The lowest BCUT2D eigenvalue weighted by Crippen LogP contribution is -2.36. The molecule has 0 amide bonds. The van der Waals surface area contributed by atoms with Gasteiger partial charge in [-0.05, 0) is 37.5 Å². The van der Waals surface area contributed by atoms with Gasteiger partial charge in [-0.3, -0.25) is 0 Å². The Kier molecular flexibility index (Phi) is 4.40. The second-order valence-corrected chi connectivity index (χ2v) is 4.65. The van der Waals surface area contributed by atoms with E-state index < -0.39 is 0 Å². The molecule has 1 aliphatic rings. The van der Waals surface area contributed by atoms with Crippen molar-refractivity contribution in [3.63, 3.8) is 0 Å². The fourth-order valence-corrected chi connectivity index (χ4v) is 2.07. The van der Waals surface area contributed by atoms with E-state index in [-0.39, 0.29) is 6.10 Å². The highest BCUT2D eigenvalue weighted by molar-refractivity contribution is 5.47. The summed E-state index contributed by atoms with van der Waals surface area (Å²) in [6.07, 6.45) is 1.56. The standard InChI is InChI=1S/C14H21NO2/c1-12(16)2-3-13-4-6-14(7-5-13)15-8-10-17-11-9-15/h4-7,12,16H,2-3,8-11H2,1H3. The van der Waals surface area contributed by atoms with Gasteiger partial charge in [0.25, 0.3) is 0 Å². The first-order chi connectivity index (χ1) is 8.25. The first kappa shape index (κ1) is 12.4. The van der Waals surface area contributed by atoms with Crippen LogP contribution in [0.3, 0.4) is 0 Å². The summed E-state index contributed by atoms with van der Waals surface area (Å²) in [5.41, 5.74) is 2.57. The van der Waals surface area contributed by atoms with Crippen LogP contribution in [0.1, 0.15) is 18.9 Å². The van der Waals surface area contributed by atoms with Gasteiger partial charge in [-0.15, -0.1) is 0 Å². The lowest BCUT2D eigenvalue weighted by Gasteiger charge is -2.28. The third-order valence-corrected chi connectivity index (χ3v) is 3.16. The minimum Gasteiger partial charge on any atom is -0.393 e. The van der Waals surface area contributed by atoms with Gasteiger partial charge in [0, 0.05) is 18.8 Å². The van der Waals surface area contributed by atoms with Crippen molar-refractivity contribution in [2.45, 2.75) is 25.9 Å². The number of nitrogens with zero attached hydrogens (tertiary/aromatic N) is 1. The first-order valence-electron chi connectivity index (χ1n) is 6.35. The molecular weight excluding hydrogens is 214 g/mol. The highest BCUT2D eigenvalue weighted by Gasteiger charge is 2.10. The summed E-state index contributed by atoms with van der Waals surface area (Å²) in [6.45, 7) is 5.44. The predicted molar refractivity (Wildman–Crippen MR) is 69.5 cm³/mol. The Morgan fingerprint density at radius 3 is 2.47 bits per heavy atom. The zero-order chi connectivity index (χ0) is 12.1. The van der Waals surface area contributed by atoms with Crippen molar-refractivity contribution in [1.29, 1.82) is 0 Å². The molecule has 1 aromatic rings. The summed E-state index contributed by atoms with van der Waals surface area (Å²) in [5.74, 6) is 0. The SMILES string of the molecule is CC(O)CCc1ccc(N2CCOCC2)cc1. The number of hydrogen-bond acceptors (Lipinski definition) is 3. The highest BCUT2D eigenvalue weighted by atomic mass is 16.5. The lowest BCUT2D eigenvalue weighted by molar-refractivity contribution is 0.122. The Bertz CT molecular complexity index is 329. The molecule has 1 unspecified atom stereocenters. The maximum atomic E-state index is 9.25. The third-order valence-electron chi connectivity index (χ3n) is 3.16. The Hall–Kier alpha value is -1.06. The van der Waals surface area contributed by atoms with Crippen LogP contribution in [0.25, 0.3) is 0 Å². The molecule has 0 spiro atoms. The molecule has 3 heteroatoms. The Balaban J connectivity index is 1.92. The second-order valence-electron chi connectivity index (χ2n) is 4.65. The van der Waals surface area contributed by atoms with Crippen molar-refractivity contribution in [1.82, 2.24) is 0 Å². The van der Waals surface area contributed by atoms with E-state index in [4.69, 9.17) is 4.74 Å². The molecule has 1 heterocycles. The molecule has 1 aromatic carbocycles. The zero-order valence-corrected chi connectivity index (χ0v) is 10.4. The second kappa shape index (κ2) is 6.03. The predicted octanol–water partition coefficient (Wildman–Crippen LogP) is 1.84. The minimum absolute atomic E-state index is 0.214. The molecule has 1 fully saturated rings. The number of anilines is 1. The van der Waals surface area contributed by atoms with Gasteiger partial charge >= 0.3 is 0 Å². The monoisotopic (exact) mass is 235 g/mol. The van der Waals surface area contributed by atoms with Gasteiger partial charge in [0.15, 0.2) is 0 Å². The Labute approximate surface area is 103 Å². The summed E-state index contributed by atoms with van der Waals surface area (Å²) in [6, 6.07) is 8.66. The zero-order valence-electron chi connectivity index (χ0n) is 10.4. The van der Waals surface area contributed by atoms with Crippen LogP contribution in [0.2, 0.25) is 0 Å². The fraction of sp³-hybridized carbons (Fsp3) is 0.571. The number of aliphatic hydroxyl groups excluding tert-OH is 1. The van der Waals surface area contributed by atoms with Crippen LogP contribution in [-0.4, -0.2) is 37.5 Å². The average Bonchev–Trinajstić information content (AvgIpc) is 2.38. The van der Waals surface area contributed by atoms with Crippen molar-refractivity contribution < 1.29 is 9.84 Å². The molecule has 0 aliphatic carbocycles. The molecule has 0 bridgehead atoms. The minimum atomic E-state index is -0.214. The van der Waals surface area contributed by atoms with Crippen LogP contribution in [-0.2, 0) is 11.2 Å². The Morgan fingerprint density at radius 1 is 1.24 bits per heavy atom. The number of hydrogen-bond donors (Lipinski definition) is 1. The number of benzene rings is 1. The van der Waals surface area contributed by atoms with Gasteiger partial charge in [-0.2, -0.15) is 0 Å². The smallest absolute Gasteiger partial charge is 0.0642 e. The summed E-state index contributed by atoms with van der Waals surface area (Å²) in [4.78, 5) is 2.35. The van der Waals surface area contributed by atoms with Gasteiger partial charge in [0.1, 0.15) is 0 Å². The maximum absolute atomic E-state index is 9.25. The van der Waals surface area contributed by atoms with Crippen molar-refractivity contribution in [3.8, 4) is 0 Å². The van der Waals surface area contributed by atoms with E-state index in [1.165, 1.54) is 11.3 Å². The van der Waals surface area contributed by atoms with Gasteiger partial charge in [-0.1, -0.05) is 12.1 Å². The van der Waals surface area contributed by atoms with Crippen molar-refractivity contribution in [2.24, 2.45) is 0 Å². The molecule has 3 nitrogen and oxygen atoms in total. The van der Waals surface area contributed by atoms with Crippen LogP contribution in [0.15, 0.2) is 24.3 Å². The summed E-state index contributed by atoms with van der Waals surface area (Å²) >= 11 is 0. The first-order valence-corrected chi connectivity index (χ1v) is 6.35.